The summed E-state index contributed by atoms with van der Waals surface area (Å²) in [6, 6.07) is 6.42. The quantitative estimate of drug-likeness (QED) is 0.787. The lowest BCUT2D eigenvalue weighted by Gasteiger charge is -2.38. The summed E-state index contributed by atoms with van der Waals surface area (Å²) >= 11 is 0. The van der Waals surface area contributed by atoms with Crippen molar-refractivity contribution >= 4 is 0 Å². The van der Waals surface area contributed by atoms with Crippen LogP contribution in [-0.4, -0.2) is 5.11 Å². The fourth-order valence-electron chi connectivity index (χ4n) is 3.63. The van der Waals surface area contributed by atoms with Gasteiger partial charge in [-0.25, -0.2) is 0 Å². The lowest BCUT2D eigenvalue weighted by molar-refractivity contribution is 0.0524. The van der Waals surface area contributed by atoms with Gasteiger partial charge in [0.2, 0.25) is 0 Å². The van der Waals surface area contributed by atoms with Crippen LogP contribution in [0.1, 0.15) is 69.2 Å². The van der Waals surface area contributed by atoms with E-state index in [9.17, 15) is 5.11 Å². The molecule has 0 bridgehead atoms. The van der Waals surface area contributed by atoms with Gasteiger partial charge in [0.25, 0.3) is 0 Å². The van der Waals surface area contributed by atoms with Crippen LogP contribution in [0.15, 0.2) is 18.2 Å². The van der Waals surface area contributed by atoms with E-state index in [-0.39, 0.29) is 6.10 Å². The molecule has 0 saturated heterocycles. The first-order chi connectivity index (χ1) is 9.29. The van der Waals surface area contributed by atoms with Gasteiger partial charge in [0.05, 0.1) is 6.10 Å². The van der Waals surface area contributed by atoms with E-state index in [0.29, 0.717) is 11.3 Å². The fraction of sp³-hybridized carbons (Fsp3) is 0.684. The lowest BCUT2D eigenvalue weighted by atomic mass is 9.68. The van der Waals surface area contributed by atoms with E-state index in [1.165, 1.54) is 24.0 Å². The van der Waals surface area contributed by atoms with Gasteiger partial charge in [-0.1, -0.05) is 44.5 Å². The van der Waals surface area contributed by atoms with Gasteiger partial charge < -0.3 is 5.11 Å². The third-order valence-electron chi connectivity index (χ3n) is 5.20. The molecule has 0 amide bonds. The van der Waals surface area contributed by atoms with Gasteiger partial charge >= 0.3 is 0 Å². The summed E-state index contributed by atoms with van der Waals surface area (Å²) in [5, 5.41) is 10.7. The van der Waals surface area contributed by atoms with Gasteiger partial charge in [-0.2, -0.15) is 0 Å². The first kappa shape index (κ1) is 15.6. The highest BCUT2D eigenvalue weighted by Gasteiger charge is 2.33. The van der Waals surface area contributed by atoms with Crippen LogP contribution < -0.4 is 0 Å². The second-order valence-corrected chi connectivity index (χ2v) is 7.78. The van der Waals surface area contributed by atoms with E-state index >= 15 is 0 Å². The molecule has 0 aromatic heterocycles. The van der Waals surface area contributed by atoms with Crippen LogP contribution in [0.25, 0.3) is 0 Å². The normalized spacial score (nSPS) is 25.5. The maximum absolute atomic E-state index is 10.7. The molecular weight excluding hydrogens is 244 g/mol. The SMILES string of the molecule is Cc1ccc(C)c(C(O)C2CCC(C(C)(C)C)CC2)c1. The molecule has 1 atom stereocenters. The summed E-state index contributed by atoms with van der Waals surface area (Å²) in [6.45, 7) is 11.3. The molecule has 1 saturated carbocycles. The van der Waals surface area contributed by atoms with E-state index in [4.69, 9.17) is 0 Å². The summed E-state index contributed by atoms with van der Waals surface area (Å²) in [6.07, 6.45) is 4.56. The Balaban J connectivity index is 2.05. The third-order valence-corrected chi connectivity index (χ3v) is 5.20. The number of aryl methyl sites for hydroxylation is 2. The van der Waals surface area contributed by atoms with Gasteiger partial charge in [-0.05, 0) is 67.9 Å². The molecule has 0 spiro atoms. The van der Waals surface area contributed by atoms with Crippen molar-refractivity contribution in [1.29, 1.82) is 0 Å². The standard InChI is InChI=1S/C19H30O/c1-13-6-7-14(2)17(12-13)18(20)15-8-10-16(11-9-15)19(3,4)5/h6-7,12,15-16,18,20H,8-11H2,1-5H3. The molecule has 1 aliphatic carbocycles. The summed E-state index contributed by atoms with van der Waals surface area (Å²) in [5.41, 5.74) is 4.02. The Bertz CT molecular complexity index is 447. The lowest BCUT2D eigenvalue weighted by Crippen LogP contribution is -2.28. The van der Waals surface area contributed by atoms with Crippen molar-refractivity contribution in [2.24, 2.45) is 17.3 Å². The van der Waals surface area contributed by atoms with Crippen molar-refractivity contribution < 1.29 is 5.11 Å². The molecule has 1 aromatic rings. The van der Waals surface area contributed by atoms with E-state index < -0.39 is 0 Å². The molecule has 1 N–H and O–H groups in total. The molecule has 1 nitrogen and oxygen atoms in total. The summed E-state index contributed by atoms with van der Waals surface area (Å²) < 4.78 is 0. The molecule has 1 fully saturated rings. The first-order valence-corrected chi connectivity index (χ1v) is 8.04. The second kappa shape index (κ2) is 5.89. The van der Waals surface area contributed by atoms with Gasteiger partial charge in [-0.15, -0.1) is 0 Å². The Kier molecular flexibility index (Phi) is 4.59. The summed E-state index contributed by atoms with van der Waals surface area (Å²) in [4.78, 5) is 0. The predicted molar refractivity (Wildman–Crippen MR) is 85.8 cm³/mol. The molecule has 1 aliphatic rings. The first-order valence-electron chi connectivity index (χ1n) is 8.04. The monoisotopic (exact) mass is 274 g/mol. The van der Waals surface area contributed by atoms with E-state index in [1.807, 2.05) is 0 Å². The van der Waals surface area contributed by atoms with Gasteiger partial charge in [0.15, 0.2) is 0 Å². The van der Waals surface area contributed by atoms with Crippen LogP contribution in [0.4, 0.5) is 0 Å². The second-order valence-electron chi connectivity index (χ2n) is 7.78. The number of rotatable bonds is 2. The highest BCUT2D eigenvalue weighted by Crippen LogP contribution is 2.43. The minimum absolute atomic E-state index is 0.282. The maximum atomic E-state index is 10.7. The number of hydrogen-bond acceptors (Lipinski definition) is 1. The molecule has 2 rings (SSSR count). The molecule has 0 aliphatic heterocycles. The molecule has 0 radical (unpaired) electrons. The van der Waals surface area contributed by atoms with Crippen LogP contribution in [-0.2, 0) is 0 Å². The molecule has 0 heterocycles. The van der Waals surface area contributed by atoms with Gasteiger partial charge in [0, 0.05) is 0 Å². The highest BCUT2D eigenvalue weighted by molar-refractivity contribution is 5.32. The van der Waals surface area contributed by atoms with Crippen molar-refractivity contribution in [1.82, 2.24) is 0 Å². The molecule has 20 heavy (non-hydrogen) atoms. The van der Waals surface area contributed by atoms with Crippen molar-refractivity contribution in [3.05, 3.63) is 34.9 Å². The van der Waals surface area contributed by atoms with Crippen molar-refractivity contribution in [3.8, 4) is 0 Å². The molecule has 1 heteroatoms. The molecule has 1 aromatic carbocycles. The zero-order valence-corrected chi connectivity index (χ0v) is 13.7. The average Bonchev–Trinajstić information content (AvgIpc) is 2.40. The Labute approximate surface area is 124 Å². The van der Waals surface area contributed by atoms with Crippen molar-refractivity contribution in [2.45, 2.75) is 66.4 Å². The van der Waals surface area contributed by atoms with Crippen LogP contribution in [0.5, 0.6) is 0 Å². The topological polar surface area (TPSA) is 20.2 Å². The largest absolute Gasteiger partial charge is 0.388 e. The van der Waals surface area contributed by atoms with Crippen molar-refractivity contribution in [3.63, 3.8) is 0 Å². The number of benzene rings is 1. The number of hydrogen-bond donors (Lipinski definition) is 1. The predicted octanol–water partition coefficient (Wildman–Crippen LogP) is 5.19. The third kappa shape index (κ3) is 3.44. The van der Waals surface area contributed by atoms with E-state index in [2.05, 4.69) is 52.8 Å². The Morgan fingerprint density at radius 1 is 1.05 bits per heavy atom. The van der Waals surface area contributed by atoms with Crippen LogP contribution in [0.2, 0.25) is 0 Å². The highest BCUT2D eigenvalue weighted by atomic mass is 16.3. The Morgan fingerprint density at radius 2 is 1.65 bits per heavy atom. The molecule has 1 unspecified atom stereocenters. The minimum atomic E-state index is -0.282. The van der Waals surface area contributed by atoms with Crippen molar-refractivity contribution in [2.75, 3.05) is 0 Å². The van der Waals surface area contributed by atoms with Crippen LogP contribution >= 0.6 is 0 Å². The minimum Gasteiger partial charge on any atom is -0.388 e. The number of aliphatic hydroxyl groups is 1. The maximum Gasteiger partial charge on any atom is 0.0820 e. The van der Waals surface area contributed by atoms with Crippen LogP contribution in [0, 0.1) is 31.1 Å². The molecular formula is C19H30O. The Hall–Kier alpha value is -0.820. The summed E-state index contributed by atoms with van der Waals surface area (Å²) in [5.74, 6) is 1.25. The smallest absolute Gasteiger partial charge is 0.0820 e. The van der Waals surface area contributed by atoms with Gasteiger partial charge in [-0.3, -0.25) is 0 Å². The van der Waals surface area contributed by atoms with Gasteiger partial charge in [0.1, 0.15) is 0 Å². The van der Waals surface area contributed by atoms with E-state index in [1.54, 1.807) is 0 Å². The van der Waals surface area contributed by atoms with Crippen LogP contribution in [0.3, 0.4) is 0 Å². The number of aliphatic hydroxyl groups excluding tert-OH is 1. The molecule has 112 valence electrons. The zero-order valence-electron chi connectivity index (χ0n) is 13.7. The fourth-order valence-corrected chi connectivity index (χ4v) is 3.63. The zero-order chi connectivity index (χ0) is 14.9. The van der Waals surface area contributed by atoms with E-state index in [0.717, 1.165) is 24.3 Å². The Morgan fingerprint density at radius 3 is 2.20 bits per heavy atom. The average molecular weight is 274 g/mol. The summed E-state index contributed by atoms with van der Waals surface area (Å²) in [7, 11) is 0.